The Balaban J connectivity index is 1.50. The van der Waals surface area contributed by atoms with Gasteiger partial charge in [-0.1, -0.05) is 30.3 Å². The summed E-state index contributed by atoms with van der Waals surface area (Å²) in [4.78, 5) is 28.9. The third-order valence-electron chi connectivity index (χ3n) is 4.82. The Labute approximate surface area is 165 Å². The molecule has 0 atom stereocenters. The minimum atomic E-state index is -0.0251. The normalized spacial score (nSPS) is 10.6. The molecule has 28 heavy (non-hydrogen) atoms. The van der Waals surface area contributed by atoms with E-state index in [4.69, 9.17) is 4.74 Å². The first-order valence-electron chi connectivity index (χ1n) is 9.33. The number of carbonyl (C=O) groups is 2. The number of Topliss-reactive ketones (excluding diaryl/α,β-unsaturated/α-hetero) is 2. The van der Waals surface area contributed by atoms with Gasteiger partial charge >= 0.3 is 0 Å². The smallest absolute Gasteiger partial charge is 0.163 e. The van der Waals surface area contributed by atoms with Crippen molar-refractivity contribution in [3.63, 3.8) is 0 Å². The molecule has 144 valence electrons. The summed E-state index contributed by atoms with van der Waals surface area (Å²) in [5, 5.41) is 0. The zero-order valence-electron chi connectivity index (χ0n) is 16.2. The molecule has 0 aliphatic carbocycles. The van der Waals surface area contributed by atoms with E-state index in [9.17, 15) is 9.59 Å². The lowest BCUT2D eigenvalue weighted by molar-refractivity contribution is -0.119. The number of aryl methyl sites for hydroxylation is 1. The first kappa shape index (κ1) is 19.5. The number of carbonyl (C=O) groups excluding carboxylic acids is 2. The summed E-state index contributed by atoms with van der Waals surface area (Å²) in [6.45, 7) is 0. The molecule has 3 aromatic rings. The summed E-state index contributed by atoms with van der Waals surface area (Å²) in [7, 11) is 3.54. The van der Waals surface area contributed by atoms with E-state index in [2.05, 4.69) is 4.98 Å². The van der Waals surface area contributed by atoms with Gasteiger partial charge < -0.3 is 9.30 Å². The van der Waals surface area contributed by atoms with E-state index < -0.39 is 0 Å². The lowest BCUT2D eigenvalue weighted by atomic mass is 10.0. The van der Waals surface area contributed by atoms with Crippen LogP contribution in [0.3, 0.4) is 0 Å². The zero-order valence-corrected chi connectivity index (χ0v) is 16.2. The minimum Gasteiger partial charge on any atom is -0.497 e. The van der Waals surface area contributed by atoms with Crippen LogP contribution in [0.1, 0.15) is 35.3 Å². The number of nitrogens with zero attached hydrogens (tertiary/aromatic N) is 2. The summed E-state index contributed by atoms with van der Waals surface area (Å²) < 4.78 is 7.11. The topological polar surface area (TPSA) is 61.2 Å². The standard InChI is InChI=1S/C23H24N2O3/c1-25-19(16-24-23(25)18-6-4-3-5-7-18)10-11-20(26)12-15-22(27)17-8-13-21(28-2)14-9-17/h3-9,13-14,16H,10-12,15H2,1-2H3. The maximum Gasteiger partial charge on any atom is 0.163 e. The Morgan fingerprint density at radius 2 is 1.68 bits per heavy atom. The van der Waals surface area contributed by atoms with Crippen LogP contribution in [0.2, 0.25) is 0 Å². The van der Waals surface area contributed by atoms with Gasteiger partial charge in [0.2, 0.25) is 0 Å². The van der Waals surface area contributed by atoms with Gasteiger partial charge in [-0.15, -0.1) is 0 Å². The average molecular weight is 376 g/mol. The van der Waals surface area contributed by atoms with E-state index in [1.165, 1.54) is 0 Å². The first-order valence-corrected chi connectivity index (χ1v) is 9.33. The number of aromatic nitrogens is 2. The highest BCUT2D eigenvalue weighted by Crippen LogP contribution is 2.19. The summed E-state index contributed by atoms with van der Waals surface area (Å²) in [6, 6.07) is 16.9. The molecule has 0 unspecified atom stereocenters. The van der Waals surface area contributed by atoms with Crippen LogP contribution in [0.15, 0.2) is 60.8 Å². The zero-order chi connectivity index (χ0) is 19.9. The SMILES string of the molecule is COc1ccc(C(=O)CCC(=O)CCc2cnc(-c3ccccc3)n2C)cc1. The van der Waals surface area contributed by atoms with Crippen molar-refractivity contribution in [3.05, 3.63) is 72.1 Å². The molecule has 5 nitrogen and oxygen atoms in total. The van der Waals surface area contributed by atoms with E-state index in [0.717, 1.165) is 17.1 Å². The summed E-state index contributed by atoms with van der Waals surface area (Å²) in [6.07, 6.45) is 3.33. The number of hydrogen-bond acceptors (Lipinski definition) is 4. The van der Waals surface area contributed by atoms with Crippen LogP contribution in [0.25, 0.3) is 11.4 Å². The fourth-order valence-electron chi connectivity index (χ4n) is 3.10. The van der Waals surface area contributed by atoms with Crippen molar-refractivity contribution in [2.75, 3.05) is 7.11 Å². The van der Waals surface area contributed by atoms with Crippen molar-refractivity contribution in [3.8, 4) is 17.1 Å². The van der Waals surface area contributed by atoms with Crippen LogP contribution in [0, 0.1) is 0 Å². The van der Waals surface area contributed by atoms with Crippen molar-refractivity contribution in [1.82, 2.24) is 9.55 Å². The number of methoxy groups -OCH3 is 1. The van der Waals surface area contributed by atoms with Gasteiger partial charge in [0.1, 0.15) is 17.4 Å². The Morgan fingerprint density at radius 1 is 0.964 bits per heavy atom. The maximum absolute atomic E-state index is 12.2. The number of ether oxygens (including phenoxy) is 1. The highest BCUT2D eigenvalue weighted by molar-refractivity contribution is 5.98. The predicted molar refractivity (Wildman–Crippen MR) is 109 cm³/mol. The molecule has 3 rings (SSSR count). The number of imidazole rings is 1. The first-order chi connectivity index (χ1) is 13.6. The van der Waals surface area contributed by atoms with Gasteiger partial charge in [0, 0.05) is 49.3 Å². The average Bonchev–Trinajstić information content (AvgIpc) is 3.11. The Kier molecular flexibility index (Phi) is 6.37. The van der Waals surface area contributed by atoms with Crippen LogP contribution in [-0.4, -0.2) is 28.2 Å². The summed E-state index contributed by atoms with van der Waals surface area (Å²) in [5.74, 6) is 1.66. The third kappa shape index (κ3) is 4.74. The van der Waals surface area contributed by atoms with Crippen molar-refractivity contribution < 1.29 is 14.3 Å². The summed E-state index contributed by atoms with van der Waals surface area (Å²) in [5.41, 5.74) is 2.66. The second kappa shape index (κ2) is 9.13. The Morgan fingerprint density at radius 3 is 2.36 bits per heavy atom. The highest BCUT2D eigenvalue weighted by atomic mass is 16.5. The molecule has 0 spiro atoms. The van der Waals surface area contributed by atoms with Gasteiger partial charge in [0.05, 0.1) is 7.11 Å². The van der Waals surface area contributed by atoms with Gasteiger partial charge in [-0.2, -0.15) is 0 Å². The maximum atomic E-state index is 12.2. The van der Waals surface area contributed by atoms with Gasteiger partial charge in [0.15, 0.2) is 5.78 Å². The molecular weight excluding hydrogens is 352 g/mol. The van der Waals surface area contributed by atoms with Crippen molar-refractivity contribution >= 4 is 11.6 Å². The molecule has 2 aromatic carbocycles. The predicted octanol–water partition coefficient (Wildman–Crippen LogP) is 4.26. The molecule has 1 heterocycles. The quantitative estimate of drug-likeness (QED) is 0.524. The van der Waals surface area contributed by atoms with E-state index in [0.29, 0.717) is 24.2 Å². The molecule has 0 saturated heterocycles. The van der Waals surface area contributed by atoms with Crippen LogP contribution in [0.4, 0.5) is 0 Å². The van der Waals surface area contributed by atoms with Crippen LogP contribution >= 0.6 is 0 Å². The molecule has 1 aromatic heterocycles. The van der Waals surface area contributed by atoms with E-state index in [-0.39, 0.29) is 24.4 Å². The van der Waals surface area contributed by atoms with Crippen LogP contribution < -0.4 is 4.74 Å². The largest absolute Gasteiger partial charge is 0.497 e. The van der Waals surface area contributed by atoms with Crippen molar-refractivity contribution in [1.29, 1.82) is 0 Å². The fourth-order valence-corrected chi connectivity index (χ4v) is 3.10. The molecule has 0 aliphatic heterocycles. The number of ketones is 2. The van der Waals surface area contributed by atoms with E-state index >= 15 is 0 Å². The number of benzene rings is 2. The lowest BCUT2D eigenvalue weighted by Crippen LogP contribution is -2.07. The molecule has 0 fully saturated rings. The Hall–Kier alpha value is -3.21. The third-order valence-corrected chi connectivity index (χ3v) is 4.82. The fraction of sp³-hybridized carbons (Fsp3) is 0.261. The number of hydrogen-bond donors (Lipinski definition) is 0. The van der Waals surface area contributed by atoms with Gasteiger partial charge in [-0.05, 0) is 30.7 Å². The molecule has 0 bridgehead atoms. The van der Waals surface area contributed by atoms with E-state index in [1.54, 1.807) is 31.4 Å². The van der Waals surface area contributed by atoms with Gasteiger partial charge in [-0.25, -0.2) is 4.98 Å². The molecule has 0 saturated carbocycles. The van der Waals surface area contributed by atoms with Gasteiger partial charge in [0.25, 0.3) is 0 Å². The molecule has 0 amide bonds. The second-order valence-corrected chi connectivity index (χ2v) is 6.69. The van der Waals surface area contributed by atoms with Crippen LogP contribution in [-0.2, 0) is 18.3 Å². The minimum absolute atomic E-state index is 0.0251. The van der Waals surface area contributed by atoms with Crippen molar-refractivity contribution in [2.45, 2.75) is 25.7 Å². The van der Waals surface area contributed by atoms with Gasteiger partial charge in [-0.3, -0.25) is 9.59 Å². The lowest BCUT2D eigenvalue weighted by Gasteiger charge is -2.06. The second-order valence-electron chi connectivity index (χ2n) is 6.69. The molecule has 0 aliphatic rings. The van der Waals surface area contributed by atoms with Crippen molar-refractivity contribution in [2.24, 2.45) is 7.05 Å². The molecule has 5 heteroatoms. The molecule has 0 radical (unpaired) electrons. The van der Waals surface area contributed by atoms with Crippen LogP contribution in [0.5, 0.6) is 5.75 Å². The molecular formula is C23H24N2O3. The van der Waals surface area contributed by atoms with E-state index in [1.807, 2.05) is 48.1 Å². The number of rotatable bonds is 9. The summed E-state index contributed by atoms with van der Waals surface area (Å²) >= 11 is 0. The molecule has 0 N–H and O–H groups in total. The Bertz CT molecular complexity index is 944. The monoisotopic (exact) mass is 376 g/mol. The highest BCUT2D eigenvalue weighted by Gasteiger charge is 2.12.